The Morgan fingerprint density at radius 1 is 1.82 bits per heavy atom. The molecule has 0 bridgehead atoms. The number of aliphatic imine (C=N–C) groups is 2. The van der Waals surface area contributed by atoms with Crippen molar-refractivity contribution in [1.82, 2.24) is 0 Å². The highest BCUT2D eigenvalue weighted by molar-refractivity contribution is 5.91. The molecule has 0 aromatic rings. The van der Waals surface area contributed by atoms with E-state index in [9.17, 15) is 0 Å². The number of nitrogens with zero attached hydrogens (tertiary/aromatic N) is 2. The molecule has 0 aliphatic carbocycles. The predicted molar refractivity (Wildman–Crippen MR) is 46.6 cm³/mol. The van der Waals surface area contributed by atoms with E-state index in [2.05, 4.69) is 9.98 Å². The van der Waals surface area contributed by atoms with Crippen LogP contribution in [0.4, 0.5) is 0 Å². The van der Waals surface area contributed by atoms with Gasteiger partial charge in [0, 0.05) is 5.71 Å². The van der Waals surface area contributed by atoms with Crippen molar-refractivity contribution in [1.29, 1.82) is 0 Å². The van der Waals surface area contributed by atoms with Crippen molar-refractivity contribution < 1.29 is 5.11 Å². The smallest absolute Gasteiger partial charge is 0.0764 e. The van der Waals surface area contributed by atoms with Gasteiger partial charge in [-0.05, 0) is 26.0 Å². The molecule has 1 rings (SSSR count). The van der Waals surface area contributed by atoms with Gasteiger partial charge in [-0.15, -0.1) is 0 Å². The van der Waals surface area contributed by atoms with Gasteiger partial charge in [-0.2, -0.15) is 0 Å². The van der Waals surface area contributed by atoms with Gasteiger partial charge in [0.1, 0.15) is 0 Å². The number of rotatable bonds is 2. The van der Waals surface area contributed by atoms with Crippen LogP contribution in [-0.4, -0.2) is 36.2 Å². The van der Waals surface area contributed by atoms with Gasteiger partial charge in [-0.3, -0.25) is 9.98 Å². The molecule has 1 aliphatic heterocycles. The van der Waals surface area contributed by atoms with Crippen LogP contribution >= 0.6 is 0 Å². The van der Waals surface area contributed by atoms with E-state index < -0.39 is 0 Å². The van der Waals surface area contributed by atoms with E-state index in [0.717, 1.165) is 25.1 Å². The monoisotopic (exact) mass is 154 g/mol. The average Bonchev–Trinajstić information content (AvgIpc) is 2.06. The van der Waals surface area contributed by atoms with Gasteiger partial charge in [-0.1, -0.05) is 0 Å². The highest BCUT2D eigenvalue weighted by Gasteiger charge is 2.04. The minimum absolute atomic E-state index is 0.0401. The summed E-state index contributed by atoms with van der Waals surface area (Å²) in [7, 11) is 0. The van der Waals surface area contributed by atoms with E-state index in [-0.39, 0.29) is 12.6 Å². The van der Waals surface area contributed by atoms with Crippen LogP contribution in [0.15, 0.2) is 9.98 Å². The Morgan fingerprint density at radius 3 is 3.18 bits per heavy atom. The molecule has 1 atom stereocenters. The molecule has 1 heterocycles. The summed E-state index contributed by atoms with van der Waals surface area (Å²) >= 11 is 0. The highest BCUT2D eigenvalue weighted by Crippen LogP contribution is 2.01. The van der Waals surface area contributed by atoms with Crippen molar-refractivity contribution in [3.05, 3.63) is 0 Å². The van der Waals surface area contributed by atoms with E-state index >= 15 is 0 Å². The molecule has 0 fully saturated rings. The van der Waals surface area contributed by atoms with Crippen LogP contribution in [0.25, 0.3) is 0 Å². The zero-order chi connectivity index (χ0) is 8.10. The third-order valence-corrected chi connectivity index (χ3v) is 1.63. The normalized spacial score (nSPS) is 24.0. The zero-order valence-corrected chi connectivity index (χ0v) is 6.82. The molecule has 0 spiro atoms. The fourth-order valence-electron chi connectivity index (χ4n) is 1.03. The van der Waals surface area contributed by atoms with Crippen molar-refractivity contribution in [2.75, 3.05) is 13.2 Å². The van der Waals surface area contributed by atoms with E-state index in [0.29, 0.717) is 0 Å². The van der Waals surface area contributed by atoms with Crippen molar-refractivity contribution in [2.24, 2.45) is 9.98 Å². The van der Waals surface area contributed by atoms with Crippen LogP contribution in [-0.2, 0) is 0 Å². The SMILES string of the molecule is CC(CO)N=C1CCC=NC1. The molecule has 0 aromatic heterocycles. The van der Waals surface area contributed by atoms with Crippen LogP contribution in [0, 0.1) is 0 Å². The van der Waals surface area contributed by atoms with Crippen molar-refractivity contribution in [3.63, 3.8) is 0 Å². The summed E-state index contributed by atoms with van der Waals surface area (Å²) in [6.07, 6.45) is 3.94. The van der Waals surface area contributed by atoms with Gasteiger partial charge in [0.05, 0.1) is 19.2 Å². The predicted octanol–water partition coefficient (Wildman–Crippen LogP) is 0.673. The summed E-state index contributed by atoms with van der Waals surface area (Å²) in [5.74, 6) is 0. The molecular weight excluding hydrogens is 140 g/mol. The summed E-state index contributed by atoms with van der Waals surface area (Å²) in [6.45, 7) is 2.77. The molecule has 1 unspecified atom stereocenters. The fraction of sp³-hybridized carbons (Fsp3) is 0.750. The minimum atomic E-state index is 0.0401. The summed E-state index contributed by atoms with van der Waals surface area (Å²) in [6, 6.07) is 0.0401. The van der Waals surface area contributed by atoms with Crippen molar-refractivity contribution >= 4 is 11.9 Å². The molecule has 0 amide bonds. The fourth-order valence-corrected chi connectivity index (χ4v) is 1.03. The average molecular weight is 154 g/mol. The topological polar surface area (TPSA) is 45.0 Å². The zero-order valence-electron chi connectivity index (χ0n) is 6.82. The van der Waals surface area contributed by atoms with Crippen LogP contribution in [0.2, 0.25) is 0 Å². The van der Waals surface area contributed by atoms with Crippen LogP contribution in [0.5, 0.6) is 0 Å². The van der Waals surface area contributed by atoms with Gasteiger partial charge >= 0.3 is 0 Å². The standard InChI is InChI=1S/C8H14N2O/c1-7(6-11)10-8-3-2-4-9-5-8/h4,7,11H,2-3,5-6H2,1H3. The lowest BCUT2D eigenvalue weighted by Gasteiger charge is -2.09. The van der Waals surface area contributed by atoms with Crippen LogP contribution < -0.4 is 0 Å². The van der Waals surface area contributed by atoms with E-state index in [1.165, 1.54) is 0 Å². The third-order valence-electron chi connectivity index (χ3n) is 1.63. The Kier molecular flexibility index (Phi) is 3.23. The number of aliphatic hydroxyl groups excluding tert-OH is 1. The summed E-state index contributed by atoms with van der Waals surface area (Å²) in [4.78, 5) is 8.42. The van der Waals surface area contributed by atoms with Crippen molar-refractivity contribution in [2.45, 2.75) is 25.8 Å². The minimum Gasteiger partial charge on any atom is -0.394 e. The Labute approximate surface area is 66.9 Å². The lowest BCUT2D eigenvalue weighted by Crippen LogP contribution is -2.14. The molecule has 62 valence electrons. The van der Waals surface area contributed by atoms with Gasteiger partial charge < -0.3 is 5.11 Å². The first kappa shape index (κ1) is 8.40. The molecular formula is C8H14N2O. The Hall–Kier alpha value is -0.700. The molecule has 1 aliphatic rings. The number of hydrogen-bond acceptors (Lipinski definition) is 3. The Bertz CT molecular complexity index is 175. The molecule has 0 radical (unpaired) electrons. The second-order valence-corrected chi connectivity index (χ2v) is 2.79. The molecule has 11 heavy (non-hydrogen) atoms. The van der Waals surface area contributed by atoms with Gasteiger partial charge in [0.15, 0.2) is 0 Å². The van der Waals surface area contributed by atoms with Gasteiger partial charge in [0.25, 0.3) is 0 Å². The Morgan fingerprint density at radius 2 is 2.64 bits per heavy atom. The maximum atomic E-state index is 8.72. The molecule has 0 saturated heterocycles. The molecule has 0 saturated carbocycles. The lowest BCUT2D eigenvalue weighted by molar-refractivity contribution is 0.274. The van der Waals surface area contributed by atoms with Crippen molar-refractivity contribution in [3.8, 4) is 0 Å². The van der Waals surface area contributed by atoms with E-state index in [4.69, 9.17) is 5.11 Å². The summed E-state index contributed by atoms with van der Waals surface area (Å²) in [5, 5.41) is 8.72. The Balaban J connectivity index is 2.45. The van der Waals surface area contributed by atoms with E-state index in [1.54, 1.807) is 0 Å². The summed E-state index contributed by atoms with van der Waals surface area (Å²) in [5.41, 5.74) is 1.12. The largest absolute Gasteiger partial charge is 0.394 e. The highest BCUT2D eigenvalue weighted by atomic mass is 16.3. The second kappa shape index (κ2) is 4.23. The van der Waals surface area contributed by atoms with Gasteiger partial charge in [-0.25, -0.2) is 0 Å². The van der Waals surface area contributed by atoms with Crippen LogP contribution in [0.3, 0.4) is 0 Å². The summed E-state index contributed by atoms with van der Waals surface area (Å²) < 4.78 is 0. The molecule has 3 heteroatoms. The molecule has 0 aromatic carbocycles. The maximum absolute atomic E-state index is 8.72. The molecule has 3 nitrogen and oxygen atoms in total. The first-order valence-corrected chi connectivity index (χ1v) is 3.97. The molecule has 1 N–H and O–H groups in total. The van der Waals surface area contributed by atoms with E-state index in [1.807, 2.05) is 13.1 Å². The quantitative estimate of drug-likeness (QED) is 0.624. The number of hydrogen-bond donors (Lipinski definition) is 1. The maximum Gasteiger partial charge on any atom is 0.0764 e. The first-order valence-electron chi connectivity index (χ1n) is 3.97. The lowest BCUT2D eigenvalue weighted by atomic mass is 10.2. The van der Waals surface area contributed by atoms with Crippen LogP contribution in [0.1, 0.15) is 19.8 Å². The third kappa shape index (κ3) is 2.80. The van der Waals surface area contributed by atoms with Gasteiger partial charge in [0.2, 0.25) is 0 Å². The second-order valence-electron chi connectivity index (χ2n) is 2.79. The number of aliphatic hydroxyl groups is 1. The first-order chi connectivity index (χ1) is 5.33.